The standard InChI is InChI=1S/C22H17F3N4O3/c1-12-7-8-16(17(9-12)31-3)32-21-18(13(2)19(28-29-21)22(23,24)25)20(30)27-15-6-4-5-14(10-15)11-26/h4-10H,1-3H3,(H,27,30). The minimum atomic E-state index is -4.83. The molecule has 3 rings (SSSR count). The number of hydrogen-bond donors (Lipinski definition) is 1. The summed E-state index contributed by atoms with van der Waals surface area (Å²) >= 11 is 0. The summed E-state index contributed by atoms with van der Waals surface area (Å²) in [6.07, 6.45) is -4.83. The minimum Gasteiger partial charge on any atom is -0.493 e. The highest BCUT2D eigenvalue weighted by atomic mass is 19.4. The third kappa shape index (κ3) is 4.78. The maximum absolute atomic E-state index is 13.4. The number of alkyl halides is 3. The number of nitrogens with zero attached hydrogens (tertiary/aromatic N) is 3. The van der Waals surface area contributed by atoms with Crippen LogP contribution in [0.4, 0.5) is 18.9 Å². The van der Waals surface area contributed by atoms with Crippen LogP contribution in [-0.2, 0) is 6.18 Å². The molecule has 0 fully saturated rings. The van der Waals surface area contributed by atoms with Crippen LogP contribution >= 0.6 is 0 Å². The van der Waals surface area contributed by atoms with Crippen molar-refractivity contribution in [3.8, 4) is 23.4 Å². The molecule has 1 heterocycles. The summed E-state index contributed by atoms with van der Waals surface area (Å²) in [5.41, 5.74) is -0.863. The number of ether oxygens (including phenoxy) is 2. The van der Waals surface area contributed by atoms with Gasteiger partial charge in [-0.15, -0.1) is 10.2 Å². The van der Waals surface area contributed by atoms with Crippen molar-refractivity contribution in [2.45, 2.75) is 20.0 Å². The van der Waals surface area contributed by atoms with E-state index in [2.05, 4.69) is 15.5 Å². The highest BCUT2D eigenvalue weighted by molar-refractivity contribution is 6.07. The highest BCUT2D eigenvalue weighted by Crippen LogP contribution is 2.37. The van der Waals surface area contributed by atoms with Crippen LogP contribution in [0.5, 0.6) is 17.4 Å². The molecule has 0 aliphatic heterocycles. The number of nitrogens with one attached hydrogen (secondary N) is 1. The summed E-state index contributed by atoms with van der Waals surface area (Å²) in [6.45, 7) is 2.93. The Hall–Kier alpha value is -4.13. The number of aryl methyl sites for hydroxylation is 1. The molecule has 0 radical (unpaired) electrons. The maximum Gasteiger partial charge on any atom is 0.435 e. The molecule has 0 saturated heterocycles. The first-order valence-corrected chi connectivity index (χ1v) is 9.22. The van der Waals surface area contributed by atoms with E-state index in [0.29, 0.717) is 5.75 Å². The zero-order valence-corrected chi connectivity index (χ0v) is 17.2. The lowest BCUT2D eigenvalue weighted by atomic mass is 10.1. The van der Waals surface area contributed by atoms with E-state index in [1.807, 2.05) is 13.0 Å². The molecule has 0 aliphatic carbocycles. The Morgan fingerprint density at radius 2 is 1.84 bits per heavy atom. The summed E-state index contributed by atoms with van der Waals surface area (Å²) < 4.78 is 51.1. The average molecular weight is 442 g/mol. The highest BCUT2D eigenvalue weighted by Gasteiger charge is 2.38. The third-order valence-electron chi connectivity index (χ3n) is 4.46. The second-order valence-electron chi connectivity index (χ2n) is 6.75. The molecule has 164 valence electrons. The van der Waals surface area contributed by atoms with Crippen molar-refractivity contribution in [2.24, 2.45) is 0 Å². The van der Waals surface area contributed by atoms with Crippen LogP contribution in [-0.4, -0.2) is 23.2 Å². The van der Waals surface area contributed by atoms with Crippen molar-refractivity contribution in [3.63, 3.8) is 0 Å². The van der Waals surface area contributed by atoms with Crippen LogP contribution in [0.2, 0.25) is 0 Å². The SMILES string of the molecule is COc1cc(C)ccc1Oc1nnc(C(F)(F)F)c(C)c1C(=O)Nc1cccc(C#N)c1. The largest absolute Gasteiger partial charge is 0.493 e. The van der Waals surface area contributed by atoms with E-state index in [1.165, 1.54) is 31.4 Å². The first-order valence-electron chi connectivity index (χ1n) is 9.22. The van der Waals surface area contributed by atoms with Crippen molar-refractivity contribution >= 4 is 11.6 Å². The summed E-state index contributed by atoms with van der Waals surface area (Å²) in [4.78, 5) is 13.0. The molecule has 1 amide bonds. The van der Waals surface area contributed by atoms with Crippen LogP contribution in [0.1, 0.15) is 32.7 Å². The van der Waals surface area contributed by atoms with Gasteiger partial charge in [0.05, 0.1) is 18.7 Å². The van der Waals surface area contributed by atoms with Gasteiger partial charge in [-0.3, -0.25) is 4.79 Å². The van der Waals surface area contributed by atoms with Crippen molar-refractivity contribution in [1.82, 2.24) is 10.2 Å². The average Bonchev–Trinajstić information content (AvgIpc) is 2.74. The number of methoxy groups -OCH3 is 1. The Labute approximate surface area is 181 Å². The third-order valence-corrected chi connectivity index (χ3v) is 4.46. The second-order valence-corrected chi connectivity index (χ2v) is 6.75. The van der Waals surface area contributed by atoms with Gasteiger partial charge in [0.2, 0.25) is 0 Å². The Balaban J connectivity index is 2.09. The lowest BCUT2D eigenvalue weighted by Gasteiger charge is -2.17. The fraction of sp³-hybridized carbons (Fsp3) is 0.182. The maximum atomic E-state index is 13.4. The Kier molecular flexibility index (Phi) is 6.30. The minimum absolute atomic E-state index is 0.145. The van der Waals surface area contributed by atoms with Crippen molar-refractivity contribution < 1.29 is 27.4 Å². The molecule has 32 heavy (non-hydrogen) atoms. The van der Waals surface area contributed by atoms with E-state index in [9.17, 15) is 18.0 Å². The quantitative estimate of drug-likeness (QED) is 0.595. The van der Waals surface area contributed by atoms with Crippen LogP contribution in [0.25, 0.3) is 0 Å². The summed E-state index contributed by atoms with van der Waals surface area (Å²) in [5.74, 6) is -0.879. The fourth-order valence-electron chi connectivity index (χ4n) is 2.93. The van der Waals surface area contributed by atoms with E-state index < -0.39 is 34.8 Å². The topological polar surface area (TPSA) is 97.1 Å². The van der Waals surface area contributed by atoms with Gasteiger partial charge in [-0.05, 0) is 55.3 Å². The number of hydrogen-bond acceptors (Lipinski definition) is 6. The van der Waals surface area contributed by atoms with E-state index in [0.717, 1.165) is 12.5 Å². The van der Waals surface area contributed by atoms with Crippen molar-refractivity contribution in [1.29, 1.82) is 5.26 Å². The van der Waals surface area contributed by atoms with Crippen LogP contribution in [0.15, 0.2) is 42.5 Å². The van der Waals surface area contributed by atoms with Gasteiger partial charge in [0.15, 0.2) is 17.2 Å². The first-order chi connectivity index (χ1) is 15.1. The summed E-state index contributed by atoms with van der Waals surface area (Å²) in [6, 6.07) is 12.8. The Morgan fingerprint density at radius 3 is 2.50 bits per heavy atom. The van der Waals surface area contributed by atoms with Gasteiger partial charge < -0.3 is 14.8 Å². The lowest BCUT2D eigenvalue weighted by Crippen LogP contribution is -2.21. The van der Waals surface area contributed by atoms with E-state index in [4.69, 9.17) is 14.7 Å². The molecular weight excluding hydrogens is 425 g/mol. The predicted molar refractivity (Wildman–Crippen MR) is 109 cm³/mol. The van der Waals surface area contributed by atoms with Gasteiger partial charge >= 0.3 is 6.18 Å². The molecular formula is C22H17F3N4O3. The molecule has 2 aromatic carbocycles. The van der Waals surface area contributed by atoms with Crippen LogP contribution in [0, 0.1) is 25.2 Å². The molecule has 0 atom stereocenters. The molecule has 3 aromatic rings. The van der Waals surface area contributed by atoms with Gasteiger partial charge in [-0.2, -0.15) is 18.4 Å². The molecule has 1 aromatic heterocycles. The zero-order valence-electron chi connectivity index (χ0n) is 17.2. The van der Waals surface area contributed by atoms with Gasteiger partial charge in [0, 0.05) is 5.69 Å². The molecule has 0 saturated carbocycles. The number of nitriles is 1. The monoisotopic (exact) mass is 442 g/mol. The van der Waals surface area contributed by atoms with Crippen molar-refractivity contribution in [2.75, 3.05) is 12.4 Å². The Bertz CT molecular complexity index is 1220. The van der Waals surface area contributed by atoms with Gasteiger partial charge in [0.25, 0.3) is 11.8 Å². The normalized spacial score (nSPS) is 10.9. The number of halogens is 3. The summed E-state index contributed by atoms with van der Waals surface area (Å²) in [5, 5.41) is 18.3. The zero-order chi connectivity index (χ0) is 23.5. The van der Waals surface area contributed by atoms with Crippen LogP contribution in [0.3, 0.4) is 0 Å². The van der Waals surface area contributed by atoms with E-state index >= 15 is 0 Å². The number of amides is 1. The number of aromatic nitrogens is 2. The van der Waals surface area contributed by atoms with Crippen LogP contribution < -0.4 is 14.8 Å². The second kappa shape index (κ2) is 8.93. The van der Waals surface area contributed by atoms with E-state index in [1.54, 1.807) is 18.2 Å². The fourth-order valence-corrected chi connectivity index (χ4v) is 2.93. The number of benzene rings is 2. The van der Waals surface area contributed by atoms with Crippen molar-refractivity contribution in [3.05, 3.63) is 70.4 Å². The molecule has 1 N–H and O–H groups in total. The Morgan fingerprint density at radius 1 is 1.09 bits per heavy atom. The summed E-state index contributed by atoms with van der Waals surface area (Å²) in [7, 11) is 1.40. The molecule has 7 nitrogen and oxygen atoms in total. The van der Waals surface area contributed by atoms with Gasteiger partial charge in [-0.25, -0.2) is 0 Å². The van der Waals surface area contributed by atoms with Gasteiger partial charge in [0.1, 0.15) is 5.56 Å². The lowest BCUT2D eigenvalue weighted by molar-refractivity contribution is -0.142. The van der Waals surface area contributed by atoms with E-state index in [-0.39, 0.29) is 17.0 Å². The number of rotatable bonds is 5. The molecule has 10 heteroatoms. The smallest absolute Gasteiger partial charge is 0.435 e. The molecule has 0 unspecified atom stereocenters. The molecule has 0 bridgehead atoms. The molecule has 0 spiro atoms. The number of carbonyl (C=O) groups is 1. The number of anilines is 1. The first kappa shape index (κ1) is 22.6. The number of carbonyl (C=O) groups excluding carboxylic acids is 1. The predicted octanol–water partition coefficient (Wildman–Crippen LogP) is 5.04. The molecule has 0 aliphatic rings. The van der Waals surface area contributed by atoms with Gasteiger partial charge in [-0.1, -0.05) is 12.1 Å².